The van der Waals surface area contributed by atoms with Crippen molar-refractivity contribution in [2.75, 3.05) is 39.3 Å². The second-order valence-corrected chi connectivity index (χ2v) is 11.9. The van der Waals surface area contributed by atoms with E-state index in [1.165, 1.54) is 24.5 Å². The van der Waals surface area contributed by atoms with Crippen molar-refractivity contribution in [2.24, 2.45) is 4.99 Å². The van der Waals surface area contributed by atoms with Crippen LogP contribution < -0.4 is 15.4 Å². The number of pyridine rings is 1. The van der Waals surface area contributed by atoms with Gasteiger partial charge in [-0.05, 0) is 80.9 Å². The highest BCUT2D eigenvalue weighted by Gasteiger charge is 2.31. The number of carbonyl (C=O) groups excluding carboxylic acids is 3. The quantitative estimate of drug-likeness (QED) is 0.309. The molecule has 10 heteroatoms. The van der Waals surface area contributed by atoms with Gasteiger partial charge in [0.1, 0.15) is 11.6 Å². The predicted molar refractivity (Wildman–Crippen MR) is 174 cm³/mol. The highest BCUT2D eigenvalue weighted by Crippen LogP contribution is 2.40. The van der Waals surface area contributed by atoms with Gasteiger partial charge in [-0.25, -0.2) is 4.79 Å². The van der Waals surface area contributed by atoms with Crippen LogP contribution in [0.4, 0.5) is 0 Å². The van der Waals surface area contributed by atoms with Crippen LogP contribution in [-0.4, -0.2) is 83.0 Å². The van der Waals surface area contributed by atoms with Crippen molar-refractivity contribution in [1.82, 2.24) is 20.5 Å². The van der Waals surface area contributed by atoms with E-state index in [2.05, 4.69) is 33.2 Å². The summed E-state index contributed by atoms with van der Waals surface area (Å²) in [7, 11) is 0. The molecule has 3 amide bonds. The Kier molecular flexibility index (Phi) is 10.0. The largest absolute Gasteiger partial charge is 0.482 e. The molecule has 1 atom stereocenters. The summed E-state index contributed by atoms with van der Waals surface area (Å²) in [5.41, 5.74) is 5.14. The van der Waals surface area contributed by atoms with Gasteiger partial charge in [0.25, 0.3) is 11.8 Å². The van der Waals surface area contributed by atoms with Crippen LogP contribution in [0.15, 0.2) is 59.8 Å². The smallest absolute Gasteiger partial charge is 0.411 e. The molecule has 1 aromatic heterocycles. The minimum Gasteiger partial charge on any atom is -0.482 e. The van der Waals surface area contributed by atoms with E-state index in [1.807, 2.05) is 46.0 Å². The van der Waals surface area contributed by atoms with Crippen molar-refractivity contribution in [1.29, 1.82) is 0 Å². The third-order valence-corrected chi connectivity index (χ3v) is 8.48. The van der Waals surface area contributed by atoms with Crippen LogP contribution in [0.25, 0.3) is 0 Å². The third kappa shape index (κ3) is 7.62. The Morgan fingerprint density at radius 1 is 1.16 bits per heavy atom. The zero-order valence-electron chi connectivity index (χ0n) is 26.7. The number of amidine groups is 1. The van der Waals surface area contributed by atoms with Crippen molar-refractivity contribution in [2.45, 2.75) is 59.0 Å². The number of hydrogen-bond donors (Lipinski definition) is 2. The lowest BCUT2D eigenvalue weighted by Gasteiger charge is -2.29. The number of hydrogen-bond acceptors (Lipinski definition) is 7. The standard InChI is InChI=1S/C35H42N6O4/c1-6-32(42)41-16-15-40(20-24(41)5)21-31(29-13-12-26(19-38-29)25-10-11-25)45-30-17-23(4)27(18-28(30)34(43)36-7-2)35(44)39-33-22(3)9-8-14-37-33/h6,9,12-13,17-19,25,31H,1,7-8,10-11,14-16,20-21H2,2-5H3,(H-,36,37,39,43,44)/p+1/t31-/m1/s1. The van der Waals surface area contributed by atoms with E-state index >= 15 is 0 Å². The maximum absolute atomic E-state index is 13.4. The summed E-state index contributed by atoms with van der Waals surface area (Å²) in [6.07, 6.45) is 8.01. The van der Waals surface area contributed by atoms with Crippen LogP contribution >= 0.6 is 0 Å². The van der Waals surface area contributed by atoms with Gasteiger partial charge in [-0.1, -0.05) is 18.7 Å². The first-order valence-corrected chi connectivity index (χ1v) is 15.8. The van der Waals surface area contributed by atoms with E-state index in [4.69, 9.17) is 9.72 Å². The normalized spacial score (nSPS) is 17.6. The molecule has 1 aromatic carbocycles. The molecule has 45 heavy (non-hydrogen) atoms. The molecule has 10 nitrogen and oxygen atoms in total. The summed E-state index contributed by atoms with van der Waals surface area (Å²) in [5, 5.41) is 5.79. The Bertz CT molecular complexity index is 1590. The molecule has 0 radical (unpaired) electrons. The molecule has 2 N–H and O–H groups in total. The van der Waals surface area contributed by atoms with Crippen molar-refractivity contribution in [3.05, 3.63) is 82.7 Å². The van der Waals surface area contributed by atoms with Gasteiger partial charge in [0.2, 0.25) is 0 Å². The van der Waals surface area contributed by atoms with Gasteiger partial charge < -0.3 is 15.4 Å². The first-order valence-electron chi connectivity index (χ1n) is 15.8. The Balaban J connectivity index is 1.46. The predicted octanol–water partition coefficient (Wildman–Crippen LogP) is 4.12. The Hall–Kier alpha value is -4.44. The molecule has 2 aromatic rings. The average molecular weight is 612 g/mol. The van der Waals surface area contributed by atoms with Gasteiger partial charge >= 0.3 is 5.91 Å². The van der Waals surface area contributed by atoms with Gasteiger partial charge in [-0.2, -0.15) is 4.58 Å². The summed E-state index contributed by atoms with van der Waals surface area (Å²) >= 11 is 0. The maximum Gasteiger partial charge on any atom is 0.411 e. The Labute approximate surface area is 265 Å². The number of amides is 3. The van der Waals surface area contributed by atoms with Crippen LogP contribution in [0.1, 0.15) is 89.6 Å². The third-order valence-electron chi connectivity index (χ3n) is 8.48. The van der Waals surface area contributed by atoms with Crippen molar-refractivity contribution >= 4 is 29.3 Å². The summed E-state index contributed by atoms with van der Waals surface area (Å²) in [6, 6.07) is 7.48. The number of ether oxygens (including phenoxy) is 1. The van der Waals surface area contributed by atoms with Crippen LogP contribution in [-0.2, 0) is 4.79 Å². The van der Waals surface area contributed by atoms with Gasteiger partial charge in [0.15, 0.2) is 18.4 Å². The maximum atomic E-state index is 13.4. The lowest BCUT2D eigenvalue weighted by molar-refractivity contribution is -0.451. The number of rotatable bonds is 10. The molecule has 3 aliphatic rings. The molecule has 1 aliphatic carbocycles. The minimum absolute atomic E-state index is 0.106. The first-order chi connectivity index (χ1) is 21.7. The molecule has 3 heterocycles. The average Bonchev–Trinajstić information content (AvgIpc) is 3.88. The molecule has 1 fully saturated rings. The lowest BCUT2D eigenvalue weighted by Crippen LogP contribution is -2.47. The van der Waals surface area contributed by atoms with E-state index in [1.54, 1.807) is 16.7 Å². The van der Waals surface area contributed by atoms with E-state index in [0.29, 0.717) is 67.9 Å². The highest BCUT2D eigenvalue weighted by atomic mass is 16.5. The van der Waals surface area contributed by atoms with Gasteiger partial charge in [0.05, 0.1) is 24.3 Å². The van der Waals surface area contributed by atoms with Gasteiger partial charge in [0, 0.05) is 44.4 Å². The SMILES string of the molecule is C=CC(=O)[N+]1=C(C)CN(C[C@@H](Oc2cc(C)c(C(=O)NC3=NCCC=C3C)cc2C(=O)NCC)c2ccc(C3CC3)cn2)CC1. The molecule has 236 valence electrons. The monoisotopic (exact) mass is 611 g/mol. The van der Waals surface area contributed by atoms with E-state index in [0.717, 1.165) is 23.4 Å². The van der Waals surface area contributed by atoms with E-state index < -0.39 is 6.10 Å². The molecule has 0 bridgehead atoms. The number of aryl methyl sites for hydroxylation is 1. The summed E-state index contributed by atoms with van der Waals surface area (Å²) in [6.45, 7) is 14.5. The number of aromatic nitrogens is 1. The molecular weight excluding hydrogens is 568 g/mol. The fourth-order valence-corrected chi connectivity index (χ4v) is 5.78. The van der Waals surface area contributed by atoms with Crippen LogP contribution in [0, 0.1) is 6.92 Å². The zero-order chi connectivity index (χ0) is 32.1. The van der Waals surface area contributed by atoms with E-state index in [9.17, 15) is 14.4 Å². The van der Waals surface area contributed by atoms with Crippen molar-refractivity contribution in [3.8, 4) is 5.75 Å². The Morgan fingerprint density at radius 2 is 1.96 bits per heavy atom. The second kappa shape index (κ2) is 14.1. The van der Waals surface area contributed by atoms with Gasteiger partial charge in [-0.3, -0.25) is 24.5 Å². The number of carbonyl (C=O) groups is 3. The second-order valence-electron chi connectivity index (χ2n) is 11.9. The molecule has 0 saturated heterocycles. The van der Waals surface area contributed by atoms with Gasteiger partial charge in [-0.15, -0.1) is 0 Å². The number of aliphatic imine (C=N–C) groups is 1. The van der Waals surface area contributed by atoms with Crippen molar-refractivity contribution in [3.63, 3.8) is 0 Å². The number of nitrogens with one attached hydrogen (secondary N) is 2. The van der Waals surface area contributed by atoms with Crippen LogP contribution in [0.2, 0.25) is 0 Å². The number of dihydropyridines is 1. The minimum atomic E-state index is -0.510. The topological polar surface area (TPSA) is 116 Å². The zero-order valence-corrected chi connectivity index (χ0v) is 26.7. The Morgan fingerprint density at radius 3 is 2.60 bits per heavy atom. The fraction of sp³-hybridized carbons (Fsp3) is 0.429. The molecular formula is C35H43N6O4+. The summed E-state index contributed by atoms with van der Waals surface area (Å²) in [5.74, 6) is 0.732. The molecule has 2 aliphatic heterocycles. The van der Waals surface area contributed by atoms with Crippen LogP contribution in [0.3, 0.4) is 0 Å². The van der Waals surface area contributed by atoms with E-state index in [-0.39, 0.29) is 23.3 Å². The number of nitrogens with zero attached hydrogens (tertiary/aromatic N) is 4. The van der Waals surface area contributed by atoms with Crippen molar-refractivity contribution < 1.29 is 23.7 Å². The number of benzene rings is 1. The summed E-state index contributed by atoms with van der Waals surface area (Å²) < 4.78 is 8.44. The van der Waals surface area contributed by atoms with Crippen LogP contribution in [0.5, 0.6) is 5.75 Å². The molecule has 0 spiro atoms. The molecule has 0 unspecified atom stereocenters. The molecule has 1 saturated carbocycles. The fourth-order valence-electron chi connectivity index (χ4n) is 5.78. The summed E-state index contributed by atoms with van der Waals surface area (Å²) in [4.78, 5) is 50.6. The highest BCUT2D eigenvalue weighted by molar-refractivity contribution is 6.13. The first kappa shape index (κ1) is 32.0. The lowest BCUT2D eigenvalue weighted by atomic mass is 10.0. The molecule has 5 rings (SSSR count).